The van der Waals surface area contributed by atoms with Crippen LogP contribution >= 0.6 is 11.8 Å². The first kappa shape index (κ1) is 29.1. The number of aliphatic hydroxyl groups excluding tert-OH is 2. The van der Waals surface area contributed by atoms with Gasteiger partial charge in [-0.15, -0.1) is 0 Å². The van der Waals surface area contributed by atoms with Crippen LogP contribution in [0.25, 0.3) is 10.9 Å². The van der Waals surface area contributed by atoms with Gasteiger partial charge < -0.3 is 42.0 Å². The van der Waals surface area contributed by atoms with Crippen molar-refractivity contribution in [1.29, 1.82) is 0 Å². The maximum atomic E-state index is 13.2. The van der Waals surface area contributed by atoms with Crippen LogP contribution in [-0.4, -0.2) is 92.9 Å². The number of H-pyrrole nitrogens is 1. The Labute approximate surface area is 212 Å². The summed E-state index contributed by atoms with van der Waals surface area (Å²) >= 11 is 1.45. The Morgan fingerprint density at radius 1 is 1.06 bits per heavy atom. The first-order chi connectivity index (χ1) is 17.1. The zero-order chi connectivity index (χ0) is 26.8. The first-order valence-corrected chi connectivity index (χ1v) is 12.7. The monoisotopic (exact) mass is 523 g/mol. The van der Waals surface area contributed by atoms with Gasteiger partial charge in [0.2, 0.25) is 17.7 Å². The quantitative estimate of drug-likeness (QED) is 0.148. The molecule has 36 heavy (non-hydrogen) atoms. The highest BCUT2D eigenvalue weighted by Crippen LogP contribution is 2.19. The lowest BCUT2D eigenvalue weighted by molar-refractivity contribution is -0.145. The van der Waals surface area contributed by atoms with Crippen molar-refractivity contribution >= 4 is 46.4 Å². The number of carboxylic acids is 1. The zero-order valence-electron chi connectivity index (χ0n) is 20.1. The van der Waals surface area contributed by atoms with Gasteiger partial charge >= 0.3 is 5.97 Å². The minimum Gasteiger partial charge on any atom is -0.480 e. The molecule has 1 aromatic carbocycles. The molecule has 0 aliphatic carbocycles. The van der Waals surface area contributed by atoms with E-state index in [2.05, 4.69) is 20.9 Å². The third-order valence-corrected chi connectivity index (χ3v) is 6.20. The van der Waals surface area contributed by atoms with E-state index in [4.69, 9.17) is 10.8 Å². The smallest absolute Gasteiger partial charge is 0.328 e. The molecular formula is C23H33N5O7S. The van der Waals surface area contributed by atoms with E-state index in [-0.39, 0.29) is 12.8 Å². The number of aromatic amines is 1. The summed E-state index contributed by atoms with van der Waals surface area (Å²) in [5.41, 5.74) is 7.06. The maximum absolute atomic E-state index is 13.2. The molecule has 0 saturated carbocycles. The Bertz CT molecular complexity index is 1060. The third kappa shape index (κ3) is 7.95. The molecule has 5 unspecified atom stereocenters. The molecule has 2 aromatic rings. The number of rotatable bonds is 14. The molecule has 198 valence electrons. The topological polar surface area (TPSA) is 207 Å². The number of nitrogens with two attached hydrogens (primary N) is 1. The van der Waals surface area contributed by atoms with Crippen LogP contribution in [-0.2, 0) is 25.6 Å². The fraction of sp³-hybridized carbons (Fsp3) is 0.478. The second-order valence-corrected chi connectivity index (χ2v) is 9.31. The average Bonchev–Trinajstić information content (AvgIpc) is 3.25. The number of fused-ring (bicyclic) bond motifs is 1. The molecule has 1 aromatic heterocycles. The molecule has 1 heterocycles. The standard InChI is InChI=1S/C23H33N5O7S/c1-12(30)19(23(34)35)28-22(33)18(9-13-10-25-16-6-4-3-5-14(13)16)27-21(32)17(7-8-36-2)26-20(31)15(24)11-29/h3-6,10,12,15,17-19,25,29-30H,7-9,11,24H2,1-2H3,(H,26,31)(H,27,32)(H,28,33)(H,34,35). The number of carbonyl (C=O) groups is 4. The summed E-state index contributed by atoms with van der Waals surface area (Å²) in [6.07, 6.45) is 2.36. The number of hydrogen-bond acceptors (Lipinski definition) is 8. The van der Waals surface area contributed by atoms with Gasteiger partial charge in [0.05, 0.1) is 12.7 Å². The lowest BCUT2D eigenvalue weighted by Crippen LogP contribution is -2.59. The highest BCUT2D eigenvalue weighted by Gasteiger charge is 2.32. The highest BCUT2D eigenvalue weighted by molar-refractivity contribution is 7.98. The van der Waals surface area contributed by atoms with Crippen LogP contribution in [0.2, 0.25) is 0 Å². The van der Waals surface area contributed by atoms with E-state index in [1.165, 1.54) is 18.7 Å². The number of benzene rings is 1. The van der Waals surface area contributed by atoms with Crippen LogP contribution in [0, 0.1) is 0 Å². The van der Waals surface area contributed by atoms with E-state index >= 15 is 0 Å². The van der Waals surface area contributed by atoms with Gasteiger partial charge in [0.1, 0.15) is 18.1 Å². The predicted octanol–water partition coefficient (Wildman–Crippen LogP) is -1.30. The van der Waals surface area contributed by atoms with Crippen molar-refractivity contribution in [2.24, 2.45) is 5.73 Å². The van der Waals surface area contributed by atoms with E-state index in [9.17, 15) is 29.4 Å². The minimum absolute atomic E-state index is 0.00703. The molecule has 3 amide bonds. The second kappa shape index (κ2) is 13.8. The summed E-state index contributed by atoms with van der Waals surface area (Å²) in [5.74, 6) is -3.14. The Hall–Kier alpha value is -3.13. The zero-order valence-corrected chi connectivity index (χ0v) is 20.9. The van der Waals surface area contributed by atoms with Crippen molar-refractivity contribution in [3.8, 4) is 0 Å². The number of carboxylic acid groups (broad SMARTS) is 1. The van der Waals surface area contributed by atoms with Crippen molar-refractivity contribution in [2.45, 2.75) is 50.0 Å². The largest absolute Gasteiger partial charge is 0.480 e. The molecule has 13 heteroatoms. The van der Waals surface area contributed by atoms with Crippen molar-refractivity contribution < 1.29 is 34.5 Å². The Kier molecular flexibility index (Phi) is 11.2. The van der Waals surface area contributed by atoms with Crippen molar-refractivity contribution in [2.75, 3.05) is 18.6 Å². The predicted molar refractivity (Wildman–Crippen MR) is 135 cm³/mol. The van der Waals surface area contributed by atoms with Gasteiger partial charge in [-0.2, -0.15) is 11.8 Å². The summed E-state index contributed by atoms with van der Waals surface area (Å²) in [6, 6.07) is 2.26. The fourth-order valence-electron chi connectivity index (χ4n) is 3.51. The van der Waals surface area contributed by atoms with E-state index < -0.39 is 60.6 Å². The molecule has 2 rings (SSSR count). The summed E-state index contributed by atoms with van der Waals surface area (Å²) in [6.45, 7) is 0.620. The van der Waals surface area contributed by atoms with E-state index in [1.807, 2.05) is 30.5 Å². The summed E-state index contributed by atoms with van der Waals surface area (Å²) < 4.78 is 0. The van der Waals surface area contributed by atoms with Gasteiger partial charge in [0.25, 0.3) is 0 Å². The van der Waals surface area contributed by atoms with Gasteiger partial charge in [-0.1, -0.05) is 18.2 Å². The number of aliphatic carboxylic acids is 1. The van der Waals surface area contributed by atoms with Crippen molar-refractivity contribution in [3.63, 3.8) is 0 Å². The van der Waals surface area contributed by atoms with Gasteiger partial charge in [-0.05, 0) is 37.0 Å². The lowest BCUT2D eigenvalue weighted by atomic mass is 10.0. The average molecular weight is 524 g/mol. The molecule has 9 N–H and O–H groups in total. The summed E-state index contributed by atoms with van der Waals surface area (Å²) in [4.78, 5) is 53.1. The summed E-state index contributed by atoms with van der Waals surface area (Å²) in [5, 5.41) is 36.5. The first-order valence-electron chi connectivity index (χ1n) is 11.3. The minimum atomic E-state index is -1.59. The Morgan fingerprint density at radius 2 is 1.69 bits per heavy atom. The number of aromatic nitrogens is 1. The lowest BCUT2D eigenvalue weighted by Gasteiger charge is -2.25. The molecule has 0 spiro atoms. The summed E-state index contributed by atoms with van der Waals surface area (Å²) in [7, 11) is 0. The SMILES string of the molecule is CSCCC(NC(=O)C(N)CO)C(=O)NC(Cc1c[nH]c2ccccc12)C(=O)NC(C(=O)O)C(C)O. The van der Waals surface area contributed by atoms with E-state index in [1.54, 1.807) is 6.20 Å². The van der Waals surface area contributed by atoms with E-state index in [0.717, 1.165) is 10.9 Å². The fourth-order valence-corrected chi connectivity index (χ4v) is 3.98. The van der Waals surface area contributed by atoms with Crippen LogP contribution < -0.4 is 21.7 Å². The highest BCUT2D eigenvalue weighted by atomic mass is 32.2. The number of hydrogen-bond donors (Lipinski definition) is 8. The molecule has 12 nitrogen and oxygen atoms in total. The molecule has 0 fully saturated rings. The molecule has 0 aliphatic heterocycles. The van der Waals surface area contributed by atoms with Crippen molar-refractivity contribution in [1.82, 2.24) is 20.9 Å². The number of thioether (sulfide) groups is 1. The Morgan fingerprint density at radius 3 is 2.31 bits per heavy atom. The van der Waals surface area contributed by atoms with Crippen molar-refractivity contribution in [3.05, 3.63) is 36.0 Å². The number of para-hydroxylation sites is 1. The third-order valence-electron chi connectivity index (χ3n) is 5.56. The number of carbonyl (C=O) groups excluding carboxylic acids is 3. The normalized spacial score (nSPS) is 15.4. The molecule has 0 aliphatic rings. The maximum Gasteiger partial charge on any atom is 0.328 e. The van der Waals surface area contributed by atoms with E-state index in [0.29, 0.717) is 11.3 Å². The van der Waals surface area contributed by atoms with Crippen LogP contribution in [0.1, 0.15) is 18.9 Å². The van der Waals surface area contributed by atoms with Gasteiger partial charge in [0.15, 0.2) is 6.04 Å². The van der Waals surface area contributed by atoms with Crippen LogP contribution in [0.4, 0.5) is 0 Å². The number of aliphatic hydroxyl groups is 2. The number of nitrogens with one attached hydrogen (secondary N) is 4. The van der Waals surface area contributed by atoms with Gasteiger partial charge in [-0.25, -0.2) is 4.79 Å². The molecule has 0 radical (unpaired) electrons. The second-order valence-electron chi connectivity index (χ2n) is 8.32. The van der Waals surface area contributed by atoms with Gasteiger partial charge in [-0.3, -0.25) is 14.4 Å². The van der Waals surface area contributed by atoms with Crippen LogP contribution in [0.15, 0.2) is 30.5 Å². The van der Waals surface area contributed by atoms with Crippen LogP contribution in [0.5, 0.6) is 0 Å². The molecular weight excluding hydrogens is 490 g/mol. The molecule has 0 bridgehead atoms. The molecule has 0 saturated heterocycles. The molecule has 5 atom stereocenters. The van der Waals surface area contributed by atoms with Gasteiger partial charge in [0, 0.05) is 23.5 Å². The number of amides is 3. The Balaban J connectivity index is 2.31. The van der Waals surface area contributed by atoms with Crippen LogP contribution in [0.3, 0.4) is 0 Å².